The molecule has 0 bridgehead atoms. The molecule has 94 valence electrons. The number of nitrogens with one attached hydrogen (secondary N) is 2. The Morgan fingerprint density at radius 3 is 2.83 bits per heavy atom. The van der Waals surface area contributed by atoms with E-state index in [4.69, 9.17) is 0 Å². The fraction of sp³-hybridized carbons (Fsp3) is 0.231. The number of halogens is 1. The number of hydrogen-bond acceptors (Lipinski definition) is 4. The molecule has 0 radical (unpaired) electrons. The van der Waals surface area contributed by atoms with Gasteiger partial charge in [0, 0.05) is 23.8 Å². The number of aromatic nitrogens is 2. The lowest BCUT2D eigenvalue weighted by Crippen LogP contribution is -2.09. The first-order chi connectivity index (χ1) is 8.69. The van der Waals surface area contributed by atoms with Crippen LogP contribution in [0.25, 0.3) is 0 Å². The predicted octanol–water partition coefficient (Wildman–Crippen LogP) is 3.45. The molecule has 1 atom stereocenters. The summed E-state index contributed by atoms with van der Waals surface area (Å²) in [5, 5.41) is 6.27. The van der Waals surface area contributed by atoms with Crippen molar-refractivity contribution >= 4 is 27.7 Å². The third-order valence-electron chi connectivity index (χ3n) is 2.59. The number of benzene rings is 1. The average Bonchev–Trinajstić information content (AvgIpc) is 2.39. The zero-order valence-corrected chi connectivity index (χ0v) is 11.9. The Hall–Kier alpha value is -1.62. The highest BCUT2D eigenvalue weighted by Crippen LogP contribution is 2.21. The quantitative estimate of drug-likeness (QED) is 0.908. The first-order valence-corrected chi connectivity index (χ1v) is 6.51. The van der Waals surface area contributed by atoms with E-state index < -0.39 is 0 Å². The fourth-order valence-electron chi connectivity index (χ4n) is 1.64. The molecule has 0 fully saturated rings. The second kappa shape index (κ2) is 5.82. The van der Waals surface area contributed by atoms with Gasteiger partial charge in [0.05, 0.1) is 0 Å². The van der Waals surface area contributed by atoms with E-state index in [-0.39, 0.29) is 6.04 Å². The van der Waals surface area contributed by atoms with Gasteiger partial charge in [0.15, 0.2) is 0 Å². The van der Waals surface area contributed by atoms with Crippen molar-refractivity contribution < 1.29 is 0 Å². The molecule has 0 aliphatic carbocycles. The zero-order valence-electron chi connectivity index (χ0n) is 10.3. The van der Waals surface area contributed by atoms with Gasteiger partial charge in [-0.1, -0.05) is 28.1 Å². The molecule has 4 nitrogen and oxygen atoms in total. The smallest absolute Gasteiger partial charge is 0.224 e. The van der Waals surface area contributed by atoms with Gasteiger partial charge in [0.1, 0.15) is 5.82 Å². The van der Waals surface area contributed by atoms with Crippen molar-refractivity contribution in [3.63, 3.8) is 0 Å². The van der Waals surface area contributed by atoms with E-state index in [1.807, 2.05) is 18.2 Å². The van der Waals surface area contributed by atoms with Crippen LogP contribution in [-0.2, 0) is 0 Å². The van der Waals surface area contributed by atoms with Crippen molar-refractivity contribution in [2.45, 2.75) is 13.0 Å². The molecule has 0 amide bonds. The summed E-state index contributed by atoms with van der Waals surface area (Å²) in [4.78, 5) is 8.42. The molecule has 18 heavy (non-hydrogen) atoms. The van der Waals surface area contributed by atoms with Gasteiger partial charge in [-0.05, 0) is 30.7 Å². The van der Waals surface area contributed by atoms with Crippen LogP contribution in [0.1, 0.15) is 18.5 Å². The Morgan fingerprint density at radius 2 is 2.11 bits per heavy atom. The molecule has 2 N–H and O–H groups in total. The highest BCUT2D eigenvalue weighted by Gasteiger charge is 2.06. The summed E-state index contributed by atoms with van der Waals surface area (Å²) in [6, 6.07) is 10.3. The van der Waals surface area contributed by atoms with Crippen molar-refractivity contribution in [2.75, 3.05) is 17.7 Å². The summed E-state index contributed by atoms with van der Waals surface area (Å²) in [7, 11) is 1.80. The van der Waals surface area contributed by atoms with Gasteiger partial charge in [0.2, 0.25) is 5.95 Å². The lowest BCUT2D eigenvalue weighted by Gasteiger charge is -2.15. The van der Waals surface area contributed by atoms with Crippen molar-refractivity contribution in [1.29, 1.82) is 0 Å². The molecular formula is C13H15BrN4. The standard InChI is InChI=1S/C13H15BrN4/c1-9(10-4-3-5-11(14)8-10)17-12-6-7-16-13(15-2)18-12/h3-9H,1-2H3,(H2,15,16,17,18). The van der Waals surface area contributed by atoms with E-state index in [1.165, 1.54) is 5.56 Å². The van der Waals surface area contributed by atoms with E-state index in [0.29, 0.717) is 5.95 Å². The van der Waals surface area contributed by atoms with Gasteiger partial charge in [-0.3, -0.25) is 0 Å². The van der Waals surface area contributed by atoms with Crippen LogP contribution >= 0.6 is 15.9 Å². The third-order valence-corrected chi connectivity index (χ3v) is 3.09. The number of rotatable bonds is 4. The minimum Gasteiger partial charge on any atom is -0.363 e. The summed E-state index contributed by atoms with van der Waals surface area (Å²) in [6.45, 7) is 2.10. The molecule has 0 saturated heterocycles. The largest absolute Gasteiger partial charge is 0.363 e. The van der Waals surface area contributed by atoms with Crippen LogP contribution in [0.15, 0.2) is 41.0 Å². The van der Waals surface area contributed by atoms with Gasteiger partial charge < -0.3 is 10.6 Å². The molecule has 0 spiro atoms. The molecule has 0 aliphatic heterocycles. The summed E-state index contributed by atoms with van der Waals surface area (Å²) < 4.78 is 1.08. The lowest BCUT2D eigenvalue weighted by molar-refractivity contribution is 0.871. The van der Waals surface area contributed by atoms with Crippen molar-refractivity contribution in [2.24, 2.45) is 0 Å². The minimum atomic E-state index is 0.183. The van der Waals surface area contributed by atoms with E-state index in [2.05, 4.69) is 55.6 Å². The molecule has 1 heterocycles. The van der Waals surface area contributed by atoms with Gasteiger partial charge in [-0.2, -0.15) is 4.98 Å². The normalized spacial score (nSPS) is 11.9. The van der Waals surface area contributed by atoms with Gasteiger partial charge in [0.25, 0.3) is 0 Å². The Bertz CT molecular complexity index is 530. The van der Waals surface area contributed by atoms with Crippen LogP contribution in [0.4, 0.5) is 11.8 Å². The molecule has 1 aromatic carbocycles. The molecular weight excluding hydrogens is 292 g/mol. The van der Waals surface area contributed by atoms with Crippen molar-refractivity contribution in [3.05, 3.63) is 46.6 Å². The molecule has 2 rings (SSSR count). The molecule has 1 aromatic heterocycles. The Kier molecular flexibility index (Phi) is 4.15. The van der Waals surface area contributed by atoms with Crippen LogP contribution in [0, 0.1) is 0 Å². The molecule has 2 aromatic rings. The number of nitrogens with zero attached hydrogens (tertiary/aromatic N) is 2. The maximum absolute atomic E-state index is 4.33. The molecule has 1 unspecified atom stereocenters. The average molecular weight is 307 g/mol. The Balaban J connectivity index is 2.13. The van der Waals surface area contributed by atoms with E-state index >= 15 is 0 Å². The predicted molar refractivity (Wildman–Crippen MR) is 77.8 cm³/mol. The molecule has 0 saturated carbocycles. The maximum Gasteiger partial charge on any atom is 0.224 e. The van der Waals surface area contributed by atoms with Gasteiger partial charge >= 0.3 is 0 Å². The summed E-state index contributed by atoms with van der Waals surface area (Å²) >= 11 is 3.48. The topological polar surface area (TPSA) is 49.8 Å². The van der Waals surface area contributed by atoms with E-state index in [0.717, 1.165) is 10.3 Å². The molecule has 5 heteroatoms. The van der Waals surface area contributed by atoms with Crippen LogP contribution in [0.3, 0.4) is 0 Å². The monoisotopic (exact) mass is 306 g/mol. The zero-order chi connectivity index (χ0) is 13.0. The first kappa shape index (κ1) is 12.8. The van der Waals surface area contributed by atoms with Crippen LogP contribution in [0.5, 0.6) is 0 Å². The first-order valence-electron chi connectivity index (χ1n) is 5.72. The van der Waals surface area contributed by atoms with Gasteiger partial charge in [-0.15, -0.1) is 0 Å². The third kappa shape index (κ3) is 3.20. The van der Waals surface area contributed by atoms with Gasteiger partial charge in [-0.25, -0.2) is 4.98 Å². The number of hydrogen-bond donors (Lipinski definition) is 2. The number of anilines is 2. The van der Waals surface area contributed by atoms with E-state index in [9.17, 15) is 0 Å². The van der Waals surface area contributed by atoms with Crippen LogP contribution in [0.2, 0.25) is 0 Å². The second-order valence-corrected chi connectivity index (χ2v) is 4.85. The summed E-state index contributed by atoms with van der Waals surface area (Å²) in [5.41, 5.74) is 1.20. The lowest BCUT2D eigenvalue weighted by atomic mass is 10.1. The van der Waals surface area contributed by atoms with Crippen molar-refractivity contribution in [1.82, 2.24) is 9.97 Å². The molecule has 0 aliphatic rings. The Labute approximate surface area is 115 Å². The minimum absolute atomic E-state index is 0.183. The summed E-state index contributed by atoms with van der Waals surface area (Å²) in [6.07, 6.45) is 1.73. The highest BCUT2D eigenvalue weighted by atomic mass is 79.9. The maximum atomic E-state index is 4.33. The SMILES string of the molecule is CNc1nccc(NC(C)c2cccc(Br)c2)n1. The van der Waals surface area contributed by atoms with Crippen LogP contribution in [-0.4, -0.2) is 17.0 Å². The Morgan fingerprint density at radius 1 is 1.28 bits per heavy atom. The highest BCUT2D eigenvalue weighted by molar-refractivity contribution is 9.10. The fourth-order valence-corrected chi connectivity index (χ4v) is 2.06. The van der Waals surface area contributed by atoms with Crippen molar-refractivity contribution in [3.8, 4) is 0 Å². The second-order valence-electron chi connectivity index (χ2n) is 3.94. The van der Waals surface area contributed by atoms with Crippen LogP contribution < -0.4 is 10.6 Å². The summed E-state index contributed by atoms with van der Waals surface area (Å²) in [5.74, 6) is 1.42. The van der Waals surface area contributed by atoms with E-state index in [1.54, 1.807) is 13.2 Å².